The van der Waals surface area contributed by atoms with Crippen LogP contribution in [0.4, 0.5) is 9.59 Å². The van der Waals surface area contributed by atoms with E-state index in [2.05, 4.69) is 5.32 Å². The number of ether oxygens (including phenoxy) is 2. The van der Waals surface area contributed by atoms with Crippen LogP contribution in [-0.4, -0.2) is 71.7 Å². The fourth-order valence-corrected chi connectivity index (χ4v) is 2.17. The Kier molecular flexibility index (Phi) is 10.1. The minimum atomic E-state index is -0.838. The summed E-state index contributed by atoms with van der Waals surface area (Å²) in [7, 11) is 3.27. The molecule has 0 rings (SSSR count). The molecule has 10 nitrogen and oxygen atoms in total. The van der Waals surface area contributed by atoms with Gasteiger partial charge in [0, 0.05) is 20.6 Å². The summed E-state index contributed by atoms with van der Waals surface area (Å²) < 4.78 is 10.4. The molecule has 0 fully saturated rings. The number of hydrogen-bond donors (Lipinski definition) is 3. The van der Waals surface area contributed by atoms with Gasteiger partial charge in [0.05, 0.1) is 6.04 Å². The number of hydrogen-bond acceptors (Lipinski definition) is 7. The highest BCUT2D eigenvalue weighted by Gasteiger charge is 2.27. The number of carbonyl (C=O) groups excluding carboxylic acids is 3. The number of unbranched alkanes of at least 4 members (excludes halogenated alkanes) is 1. The van der Waals surface area contributed by atoms with Crippen molar-refractivity contribution in [1.29, 1.82) is 5.41 Å². The molecule has 4 N–H and O–H groups in total. The van der Waals surface area contributed by atoms with Crippen LogP contribution in [0.3, 0.4) is 0 Å². The maximum absolute atomic E-state index is 12.5. The van der Waals surface area contributed by atoms with E-state index in [1.165, 1.54) is 4.90 Å². The summed E-state index contributed by atoms with van der Waals surface area (Å²) in [6, 6.07) is -0.626. The van der Waals surface area contributed by atoms with E-state index < -0.39 is 35.4 Å². The lowest BCUT2D eigenvalue weighted by atomic mass is 10.1. The van der Waals surface area contributed by atoms with Crippen LogP contribution in [0.25, 0.3) is 0 Å². The van der Waals surface area contributed by atoms with Crippen LogP contribution in [0.15, 0.2) is 0 Å². The van der Waals surface area contributed by atoms with Crippen molar-refractivity contribution in [2.75, 3.05) is 20.6 Å². The summed E-state index contributed by atoms with van der Waals surface area (Å²) >= 11 is 0. The summed E-state index contributed by atoms with van der Waals surface area (Å²) in [6.07, 6.45) is -0.139. The van der Waals surface area contributed by atoms with Gasteiger partial charge in [0.2, 0.25) is 11.9 Å². The van der Waals surface area contributed by atoms with E-state index in [-0.39, 0.29) is 12.5 Å². The SMILES string of the molecule is CN(C)C(=O)[C@@H](N)CCCCN(C(=N)NC(=O)OC(C)(C)C)C(=O)OC(C)(C)C. The second-order valence-electron chi connectivity index (χ2n) is 8.94. The molecule has 0 saturated carbocycles. The Balaban J connectivity index is 4.94. The number of nitrogens with one attached hydrogen (secondary N) is 2. The number of nitrogens with two attached hydrogens (primary N) is 1. The Labute approximate surface area is 173 Å². The minimum Gasteiger partial charge on any atom is -0.444 e. The monoisotopic (exact) mass is 415 g/mol. The van der Waals surface area contributed by atoms with Gasteiger partial charge in [-0.1, -0.05) is 0 Å². The van der Waals surface area contributed by atoms with Crippen LogP contribution in [0.1, 0.15) is 60.8 Å². The molecule has 0 unspecified atom stereocenters. The number of guanidine groups is 1. The van der Waals surface area contributed by atoms with Crippen molar-refractivity contribution in [3.63, 3.8) is 0 Å². The molecule has 0 aliphatic carbocycles. The Hall–Kier alpha value is -2.36. The summed E-state index contributed by atoms with van der Waals surface area (Å²) in [4.78, 5) is 38.7. The predicted octanol–water partition coefficient (Wildman–Crippen LogP) is 2.27. The normalized spacial score (nSPS) is 12.6. The number of alkyl carbamates (subject to hydrolysis) is 1. The molecule has 1 atom stereocenters. The first kappa shape index (κ1) is 26.6. The Morgan fingerprint density at radius 3 is 1.97 bits per heavy atom. The Bertz CT molecular complexity index is 593. The summed E-state index contributed by atoms with van der Waals surface area (Å²) in [5.41, 5.74) is 4.35. The van der Waals surface area contributed by atoms with E-state index in [1.54, 1.807) is 55.6 Å². The van der Waals surface area contributed by atoms with Crippen LogP contribution < -0.4 is 11.1 Å². The smallest absolute Gasteiger partial charge is 0.417 e. The first-order valence-corrected chi connectivity index (χ1v) is 9.59. The van der Waals surface area contributed by atoms with Crippen LogP contribution in [0.5, 0.6) is 0 Å². The minimum absolute atomic E-state index is 0.117. The molecule has 0 saturated heterocycles. The van der Waals surface area contributed by atoms with Crippen LogP contribution in [0, 0.1) is 5.41 Å². The molecule has 0 aliphatic heterocycles. The highest BCUT2D eigenvalue weighted by molar-refractivity contribution is 5.99. The second kappa shape index (κ2) is 11.0. The van der Waals surface area contributed by atoms with Crippen LogP contribution in [-0.2, 0) is 14.3 Å². The highest BCUT2D eigenvalue weighted by atomic mass is 16.6. The summed E-state index contributed by atoms with van der Waals surface area (Å²) in [5, 5.41) is 10.3. The molecule has 10 heteroatoms. The van der Waals surface area contributed by atoms with Crippen molar-refractivity contribution in [2.45, 2.75) is 78.0 Å². The zero-order valence-electron chi connectivity index (χ0n) is 18.9. The van der Waals surface area contributed by atoms with Gasteiger partial charge in [-0.3, -0.25) is 15.5 Å². The number of rotatable bonds is 6. The molecule has 0 radical (unpaired) electrons. The molecular weight excluding hydrogens is 378 g/mol. The van der Waals surface area contributed by atoms with Crippen molar-refractivity contribution >= 4 is 24.1 Å². The van der Waals surface area contributed by atoms with Gasteiger partial charge in [-0.2, -0.15) is 0 Å². The predicted molar refractivity (Wildman–Crippen MR) is 111 cm³/mol. The van der Waals surface area contributed by atoms with E-state index in [4.69, 9.17) is 20.6 Å². The van der Waals surface area contributed by atoms with Gasteiger partial charge < -0.3 is 20.1 Å². The Morgan fingerprint density at radius 2 is 1.52 bits per heavy atom. The number of carbonyl (C=O) groups is 3. The van der Waals surface area contributed by atoms with E-state index >= 15 is 0 Å². The molecule has 0 aromatic rings. The van der Waals surface area contributed by atoms with Crippen molar-refractivity contribution < 1.29 is 23.9 Å². The van der Waals surface area contributed by atoms with Crippen molar-refractivity contribution in [1.82, 2.24) is 15.1 Å². The fraction of sp³-hybridized carbons (Fsp3) is 0.789. The quantitative estimate of drug-likeness (QED) is 0.346. The topological polar surface area (TPSA) is 138 Å². The van der Waals surface area contributed by atoms with E-state index in [9.17, 15) is 14.4 Å². The van der Waals surface area contributed by atoms with Gasteiger partial charge in [0.15, 0.2) is 0 Å². The molecule has 29 heavy (non-hydrogen) atoms. The number of likely N-dealkylation sites (N-methyl/N-ethyl adjacent to an activating group) is 1. The molecule has 3 amide bonds. The van der Waals surface area contributed by atoms with E-state index in [0.29, 0.717) is 19.3 Å². The third-order valence-electron chi connectivity index (χ3n) is 3.41. The van der Waals surface area contributed by atoms with Crippen molar-refractivity contribution in [2.24, 2.45) is 5.73 Å². The standard InChI is InChI=1S/C19H37N5O5/c1-18(2,3)28-16(26)22-15(21)24(17(27)29-19(4,5)6)12-10-9-11-13(20)14(25)23(7)8/h13H,9-12,20H2,1-8H3,(H2,21,22,26)/t13-/m0/s1. The van der Waals surface area contributed by atoms with Crippen LogP contribution >= 0.6 is 0 Å². The van der Waals surface area contributed by atoms with E-state index in [0.717, 1.165) is 4.90 Å². The van der Waals surface area contributed by atoms with Gasteiger partial charge in [-0.05, 0) is 60.8 Å². The molecule has 168 valence electrons. The zero-order chi connectivity index (χ0) is 23.0. The Morgan fingerprint density at radius 1 is 1.00 bits per heavy atom. The first-order chi connectivity index (χ1) is 13.0. The maximum Gasteiger partial charge on any atom is 0.417 e. The first-order valence-electron chi connectivity index (χ1n) is 9.59. The van der Waals surface area contributed by atoms with Gasteiger partial charge >= 0.3 is 12.2 Å². The molecular formula is C19H37N5O5. The van der Waals surface area contributed by atoms with Crippen LogP contribution in [0.2, 0.25) is 0 Å². The molecule has 0 aromatic carbocycles. The third-order valence-corrected chi connectivity index (χ3v) is 3.41. The van der Waals surface area contributed by atoms with E-state index in [1.807, 2.05) is 0 Å². The van der Waals surface area contributed by atoms with Gasteiger partial charge in [-0.25, -0.2) is 14.5 Å². The lowest BCUT2D eigenvalue weighted by molar-refractivity contribution is -0.130. The number of amides is 3. The summed E-state index contributed by atoms with van der Waals surface area (Å²) in [6.45, 7) is 10.3. The van der Waals surface area contributed by atoms with Crippen molar-refractivity contribution in [3.8, 4) is 0 Å². The zero-order valence-corrected chi connectivity index (χ0v) is 18.9. The third kappa shape index (κ3) is 11.9. The molecule has 0 aliphatic rings. The average Bonchev–Trinajstić information content (AvgIpc) is 2.49. The lowest BCUT2D eigenvalue weighted by Gasteiger charge is -2.28. The fourth-order valence-electron chi connectivity index (χ4n) is 2.17. The highest BCUT2D eigenvalue weighted by Crippen LogP contribution is 2.12. The largest absolute Gasteiger partial charge is 0.444 e. The lowest BCUT2D eigenvalue weighted by Crippen LogP contribution is -2.49. The maximum atomic E-state index is 12.5. The summed E-state index contributed by atoms with van der Waals surface area (Å²) in [5.74, 6) is -0.615. The number of nitrogens with zero attached hydrogens (tertiary/aromatic N) is 2. The second-order valence-corrected chi connectivity index (χ2v) is 8.94. The molecule has 0 heterocycles. The van der Waals surface area contributed by atoms with Gasteiger partial charge in [0.25, 0.3) is 0 Å². The molecule has 0 aromatic heterocycles. The average molecular weight is 416 g/mol. The molecule has 0 bridgehead atoms. The van der Waals surface area contributed by atoms with Gasteiger partial charge in [-0.15, -0.1) is 0 Å². The van der Waals surface area contributed by atoms with Crippen molar-refractivity contribution in [3.05, 3.63) is 0 Å². The van der Waals surface area contributed by atoms with Gasteiger partial charge in [0.1, 0.15) is 11.2 Å². The molecule has 0 spiro atoms.